The van der Waals surface area contributed by atoms with Gasteiger partial charge in [-0.25, -0.2) is 9.97 Å². The normalized spacial score (nSPS) is 25.1. The van der Waals surface area contributed by atoms with Crippen molar-refractivity contribution in [1.29, 1.82) is 0 Å². The molecule has 1 aromatic rings. The van der Waals surface area contributed by atoms with Crippen molar-refractivity contribution in [3.63, 3.8) is 0 Å². The highest BCUT2D eigenvalue weighted by Crippen LogP contribution is 2.19. The minimum absolute atomic E-state index is 0.174. The average Bonchev–Trinajstić information content (AvgIpc) is 2.32. The fraction of sp³-hybridized carbons (Fsp3) is 0.636. The monoisotopic (exact) mass is 223 g/mol. The Morgan fingerprint density at radius 3 is 2.94 bits per heavy atom. The second-order valence-corrected chi connectivity index (χ2v) is 4.02. The highest BCUT2D eigenvalue weighted by atomic mass is 16.5. The van der Waals surface area contributed by atoms with E-state index in [1.54, 1.807) is 13.2 Å². The molecule has 1 aliphatic heterocycles. The smallest absolute Gasteiger partial charge is 0.220 e. The van der Waals surface area contributed by atoms with Crippen LogP contribution in [-0.4, -0.2) is 36.3 Å². The van der Waals surface area contributed by atoms with E-state index < -0.39 is 0 Å². The number of aromatic nitrogens is 2. The number of methoxy groups -OCH3 is 1. The number of ether oxygens (including phenoxy) is 2. The number of piperidine rings is 1. The first-order valence-electron chi connectivity index (χ1n) is 5.53. The third kappa shape index (κ3) is 2.61. The molecule has 16 heavy (non-hydrogen) atoms. The summed E-state index contributed by atoms with van der Waals surface area (Å²) in [5.74, 6) is 1.65. The van der Waals surface area contributed by atoms with E-state index in [0.717, 1.165) is 19.5 Å². The minimum atomic E-state index is 0.174. The highest BCUT2D eigenvalue weighted by Gasteiger charge is 2.23. The van der Waals surface area contributed by atoms with Crippen LogP contribution in [0, 0.1) is 5.92 Å². The first-order valence-corrected chi connectivity index (χ1v) is 5.53. The fourth-order valence-corrected chi connectivity index (χ4v) is 1.77. The van der Waals surface area contributed by atoms with E-state index in [2.05, 4.69) is 22.2 Å². The summed E-state index contributed by atoms with van der Waals surface area (Å²) < 4.78 is 10.8. The van der Waals surface area contributed by atoms with Crippen LogP contribution in [0.1, 0.15) is 13.3 Å². The van der Waals surface area contributed by atoms with Gasteiger partial charge in [-0.1, -0.05) is 6.92 Å². The summed E-state index contributed by atoms with van der Waals surface area (Å²) in [6.45, 7) is 4.13. The number of nitrogens with one attached hydrogen (secondary N) is 1. The van der Waals surface area contributed by atoms with Gasteiger partial charge in [0, 0.05) is 6.54 Å². The van der Waals surface area contributed by atoms with E-state index in [1.165, 1.54) is 6.33 Å². The van der Waals surface area contributed by atoms with E-state index in [0.29, 0.717) is 17.7 Å². The Morgan fingerprint density at radius 2 is 2.19 bits per heavy atom. The van der Waals surface area contributed by atoms with Gasteiger partial charge in [0.1, 0.15) is 12.4 Å². The van der Waals surface area contributed by atoms with Crippen molar-refractivity contribution in [3.05, 3.63) is 12.4 Å². The first kappa shape index (κ1) is 11.1. The number of rotatable bonds is 3. The zero-order chi connectivity index (χ0) is 11.4. The van der Waals surface area contributed by atoms with Crippen molar-refractivity contribution in [3.8, 4) is 11.8 Å². The lowest BCUT2D eigenvalue weighted by Crippen LogP contribution is -2.42. The highest BCUT2D eigenvalue weighted by molar-refractivity contribution is 5.18. The molecule has 0 saturated carbocycles. The van der Waals surface area contributed by atoms with E-state index in [1.807, 2.05) is 0 Å². The third-order valence-electron chi connectivity index (χ3n) is 2.85. The van der Waals surface area contributed by atoms with Crippen LogP contribution in [0.5, 0.6) is 11.8 Å². The van der Waals surface area contributed by atoms with Gasteiger partial charge in [-0.3, -0.25) is 0 Å². The second-order valence-electron chi connectivity index (χ2n) is 4.02. The molecule has 2 heterocycles. The molecule has 0 amide bonds. The van der Waals surface area contributed by atoms with Crippen molar-refractivity contribution >= 4 is 0 Å². The molecule has 0 spiro atoms. The summed E-state index contributed by atoms with van der Waals surface area (Å²) in [6, 6.07) is 1.71. The lowest BCUT2D eigenvalue weighted by Gasteiger charge is -2.29. The summed E-state index contributed by atoms with van der Waals surface area (Å²) in [6.07, 6.45) is 2.76. The maximum atomic E-state index is 5.82. The Labute approximate surface area is 95.2 Å². The Kier molecular flexibility index (Phi) is 3.56. The van der Waals surface area contributed by atoms with Crippen molar-refractivity contribution < 1.29 is 9.47 Å². The molecule has 0 radical (unpaired) electrons. The second kappa shape index (κ2) is 5.12. The summed E-state index contributed by atoms with van der Waals surface area (Å²) in [5.41, 5.74) is 0. The third-order valence-corrected chi connectivity index (χ3v) is 2.85. The fourth-order valence-electron chi connectivity index (χ4n) is 1.77. The first-order chi connectivity index (χ1) is 7.79. The molecular weight excluding hydrogens is 206 g/mol. The molecule has 5 heteroatoms. The van der Waals surface area contributed by atoms with Gasteiger partial charge in [-0.2, -0.15) is 0 Å². The molecule has 2 unspecified atom stereocenters. The van der Waals surface area contributed by atoms with Crippen LogP contribution in [0.15, 0.2) is 12.4 Å². The summed E-state index contributed by atoms with van der Waals surface area (Å²) >= 11 is 0. The molecule has 0 aromatic carbocycles. The Bertz CT molecular complexity index is 346. The van der Waals surface area contributed by atoms with Crippen LogP contribution >= 0.6 is 0 Å². The van der Waals surface area contributed by atoms with Gasteiger partial charge in [0.2, 0.25) is 11.8 Å². The summed E-state index contributed by atoms with van der Waals surface area (Å²) in [4.78, 5) is 8.02. The molecule has 1 aliphatic rings. The van der Waals surface area contributed by atoms with Gasteiger partial charge < -0.3 is 14.8 Å². The number of hydrogen-bond donors (Lipinski definition) is 1. The minimum Gasteiger partial charge on any atom is -0.481 e. The molecule has 2 atom stereocenters. The summed E-state index contributed by atoms with van der Waals surface area (Å²) in [5, 5.41) is 3.31. The molecule has 1 fully saturated rings. The molecule has 0 bridgehead atoms. The SMILES string of the molecule is COc1cc(OC2CNCCC2C)ncn1. The van der Waals surface area contributed by atoms with Gasteiger partial charge >= 0.3 is 0 Å². The lowest BCUT2D eigenvalue weighted by molar-refractivity contribution is 0.109. The molecule has 1 aromatic heterocycles. The van der Waals surface area contributed by atoms with Crippen molar-refractivity contribution in [2.45, 2.75) is 19.4 Å². The van der Waals surface area contributed by atoms with E-state index in [9.17, 15) is 0 Å². The summed E-state index contributed by atoms with van der Waals surface area (Å²) in [7, 11) is 1.58. The van der Waals surface area contributed by atoms with Gasteiger partial charge in [-0.15, -0.1) is 0 Å². The molecular formula is C11H17N3O2. The van der Waals surface area contributed by atoms with Gasteiger partial charge in [0.15, 0.2) is 0 Å². The van der Waals surface area contributed by atoms with E-state index >= 15 is 0 Å². The Balaban J connectivity index is 2.01. The lowest BCUT2D eigenvalue weighted by atomic mass is 9.97. The van der Waals surface area contributed by atoms with Crippen molar-refractivity contribution in [2.24, 2.45) is 5.92 Å². The Morgan fingerprint density at radius 1 is 1.38 bits per heavy atom. The van der Waals surface area contributed by atoms with Crippen molar-refractivity contribution in [2.75, 3.05) is 20.2 Å². The zero-order valence-corrected chi connectivity index (χ0v) is 9.64. The maximum absolute atomic E-state index is 5.82. The molecule has 1 N–H and O–H groups in total. The van der Waals surface area contributed by atoms with Gasteiger partial charge in [-0.05, 0) is 18.9 Å². The van der Waals surface area contributed by atoms with Crippen LogP contribution in [-0.2, 0) is 0 Å². The van der Waals surface area contributed by atoms with Crippen LogP contribution < -0.4 is 14.8 Å². The maximum Gasteiger partial charge on any atom is 0.220 e. The van der Waals surface area contributed by atoms with Crippen LogP contribution in [0.4, 0.5) is 0 Å². The molecule has 88 valence electrons. The number of hydrogen-bond acceptors (Lipinski definition) is 5. The molecule has 1 saturated heterocycles. The van der Waals surface area contributed by atoms with Gasteiger partial charge in [0.25, 0.3) is 0 Å². The predicted molar refractivity (Wildman–Crippen MR) is 59.7 cm³/mol. The predicted octanol–water partition coefficient (Wildman–Crippen LogP) is 0.862. The zero-order valence-electron chi connectivity index (χ0n) is 9.64. The van der Waals surface area contributed by atoms with Crippen LogP contribution in [0.3, 0.4) is 0 Å². The Hall–Kier alpha value is -1.36. The standard InChI is InChI=1S/C11H17N3O2/c1-8-3-4-12-6-9(8)16-11-5-10(15-2)13-7-14-11/h5,7-9,12H,3-4,6H2,1-2H3. The van der Waals surface area contributed by atoms with Crippen LogP contribution in [0.25, 0.3) is 0 Å². The topological polar surface area (TPSA) is 56.3 Å². The quantitative estimate of drug-likeness (QED) is 0.823. The molecule has 5 nitrogen and oxygen atoms in total. The van der Waals surface area contributed by atoms with E-state index in [-0.39, 0.29) is 6.10 Å². The van der Waals surface area contributed by atoms with Crippen molar-refractivity contribution in [1.82, 2.24) is 15.3 Å². The average molecular weight is 223 g/mol. The van der Waals surface area contributed by atoms with E-state index in [4.69, 9.17) is 9.47 Å². The molecule has 0 aliphatic carbocycles. The van der Waals surface area contributed by atoms with Crippen LogP contribution in [0.2, 0.25) is 0 Å². The number of nitrogens with zero attached hydrogens (tertiary/aromatic N) is 2. The molecule has 2 rings (SSSR count). The van der Waals surface area contributed by atoms with Gasteiger partial charge in [0.05, 0.1) is 13.2 Å². The largest absolute Gasteiger partial charge is 0.481 e.